The number of rotatable bonds is 6. The molecule has 0 N–H and O–H groups in total. The van der Waals surface area contributed by atoms with Crippen molar-refractivity contribution in [1.29, 1.82) is 0 Å². The number of hydrogen-bond donors (Lipinski definition) is 0. The summed E-state index contributed by atoms with van der Waals surface area (Å²) in [6, 6.07) is 11.0. The predicted molar refractivity (Wildman–Crippen MR) is 108 cm³/mol. The molecule has 148 valence electrons. The highest BCUT2D eigenvalue weighted by atomic mass is 35.5. The Morgan fingerprint density at radius 2 is 1.75 bits per heavy atom. The first-order valence-corrected chi connectivity index (χ1v) is 10.1. The molecule has 2 aliphatic heterocycles. The molecule has 4 rings (SSSR count). The summed E-state index contributed by atoms with van der Waals surface area (Å²) in [5.41, 5.74) is 1.97. The zero-order chi connectivity index (χ0) is 19.7. The second-order valence-corrected chi connectivity index (χ2v) is 7.62. The SMILES string of the molecule is CCCCOc1ccc(CN2C(=O)C3(OCCO3)c3c(Cl)ccc(Cl)c32)cc1. The second kappa shape index (κ2) is 7.91. The molecule has 7 heteroatoms. The molecule has 2 heterocycles. The van der Waals surface area contributed by atoms with Gasteiger partial charge in [0.1, 0.15) is 5.75 Å². The monoisotopic (exact) mass is 421 g/mol. The fourth-order valence-electron chi connectivity index (χ4n) is 3.54. The first-order valence-electron chi connectivity index (χ1n) is 9.37. The van der Waals surface area contributed by atoms with E-state index in [2.05, 4.69) is 6.92 Å². The van der Waals surface area contributed by atoms with Crippen LogP contribution >= 0.6 is 23.2 Å². The number of anilines is 1. The van der Waals surface area contributed by atoms with Gasteiger partial charge in [-0.3, -0.25) is 4.79 Å². The number of carbonyl (C=O) groups excluding carboxylic acids is 1. The summed E-state index contributed by atoms with van der Waals surface area (Å²) in [7, 11) is 0. The van der Waals surface area contributed by atoms with Crippen LogP contribution in [0.1, 0.15) is 30.9 Å². The molecule has 28 heavy (non-hydrogen) atoms. The van der Waals surface area contributed by atoms with Crippen LogP contribution in [-0.4, -0.2) is 25.7 Å². The number of ether oxygens (including phenoxy) is 3. The molecule has 0 saturated carbocycles. The summed E-state index contributed by atoms with van der Waals surface area (Å²) in [5.74, 6) is -0.996. The van der Waals surface area contributed by atoms with Crippen molar-refractivity contribution in [2.45, 2.75) is 32.1 Å². The largest absolute Gasteiger partial charge is 0.494 e. The van der Waals surface area contributed by atoms with Gasteiger partial charge in [0.25, 0.3) is 11.7 Å². The molecule has 2 aliphatic rings. The molecule has 2 aromatic carbocycles. The van der Waals surface area contributed by atoms with Gasteiger partial charge in [0.05, 0.1) is 47.7 Å². The average molecular weight is 422 g/mol. The van der Waals surface area contributed by atoms with Crippen LogP contribution < -0.4 is 9.64 Å². The third kappa shape index (κ3) is 3.26. The lowest BCUT2D eigenvalue weighted by Crippen LogP contribution is -2.41. The first-order chi connectivity index (χ1) is 13.6. The molecule has 1 amide bonds. The van der Waals surface area contributed by atoms with Gasteiger partial charge in [0.15, 0.2) is 0 Å². The molecule has 0 radical (unpaired) electrons. The van der Waals surface area contributed by atoms with Crippen molar-refractivity contribution in [2.24, 2.45) is 0 Å². The molecule has 1 fully saturated rings. The lowest BCUT2D eigenvalue weighted by molar-refractivity contribution is -0.180. The maximum Gasteiger partial charge on any atom is 0.292 e. The van der Waals surface area contributed by atoms with Crippen molar-refractivity contribution in [3.8, 4) is 5.75 Å². The Kier molecular flexibility index (Phi) is 5.52. The number of nitrogens with zero attached hydrogens (tertiary/aromatic N) is 1. The Balaban J connectivity index is 1.62. The van der Waals surface area contributed by atoms with Gasteiger partial charge in [-0.15, -0.1) is 0 Å². The van der Waals surface area contributed by atoms with Gasteiger partial charge < -0.3 is 19.1 Å². The van der Waals surface area contributed by atoms with E-state index in [1.807, 2.05) is 24.3 Å². The zero-order valence-electron chi connectivity index (χ0n) is 15.5. The molecule has 1 saturated heterocycles. The van der Waals surface area contributed by atoms with E-state index in [4.69, 9.17) is 37.4 Å². The Labute approximate surface area is 174 Å². The van der Waals surface area contributed by atoms with Crippen LogP contribution in [0.4, 0.5) is 5.69 Å². The predicted octanol–water partition coefficient (Wildman–Crippen LogP) is 4.92. The summed E-state index contributed by atoms with van der Waals surface area (Å²) in [4.78, 5) is 14.9. The molecular formula is C21H21Cl2NO4. The smallest absolute Gasteiger partial charge is 0.292 e. The van der Waals surface area contributed by atoms with E-state index in [1.54, 1.807) is 17.0 Å². The lowest BCUT2D eigenvalue weighted by Gasteiger charge is -2.22. The number of unbranched alkanes of at least 4 members (excludes halogenated alkanes) is 1. The van der Waals surface area contributed by atoms with E-state index >= 15 is 0 Å². The minimum absolute atomic E-state index is 0.307. The highest BCUT2D eigenvalue weighted by molar-refractivity contribution is 6.38. The zero-order valence-corrected chi connectivity index (χ0v) is 17.1. The van der Waals surface area contributed by atoms with Crippen LogP contribution in [0.2, 0.25) is 10.0 Å². The second-order valence-electron chi connectivity index (χ2n) is 6.80. The quantitative estimate of drug-likeness (QED) is 0.621. The van der Waals surface area contributed by atoms with Crippen molar-refractivity contribution in [3.63, 3.8) is 0 Å². The van der Waals surface area contributed by atoms with Crippen molar-refractivity contribution in [3.05, 3.63) is 57.6 Å². The van der Waals surface area contributed by atoms with E-state index in [1.165, 1.54) is 0 Å². The fourth-order valence-corrected chi connectivity index (χ4v) is 4.08. The summed E-state index contributed by atoms with van der Waals surface area (Å²) < 4.78 is 17.2. The molecule has 0 unspecified atom stereocenters. The summed E-state index contributed by atoms with van der Waals surface area (Å²) in [6.45, 7) is 3.80. The number of halogens is 2. The number of hydrogen-bond acceptors (Lipinski definition) is 4. The minimum atomic E-state index is -1.50. The number of fused-ring (bicyclic) bond motifs is 2. The average Bonchev–Trinajstić information content (AvgIpc) is 3.27. The highest BCUT2D eigenvalue weighted by Gasteiger charge is 2.57. The van der Waals surface area contributed by atoms with Crippen LogP contribution in [0.3, 0.4) is 0 Å². The molecule has 0 atom stereocenters. The third-order valence-electron chi connectivity index (χ3n) is 4.93. The molecular weight excluding hydrogens is 401 g/mol. The molecule has 5 nitrogen and oxygen atoms in total. The summed E-state index contributed by atoms with van der Waals surface area (Å²) >= 11 is 12.9. The van der Waals surface area contributed by atoms with Gasteiger partial charge >= 0.3 is 0 Å². The molecule has 2 aromatic rings. The van der Waals surface area contributed by atoms with Crippen molar-refractivity contribution >= 4 is 34.8 Å². The van der Waals surface area contributed by atoms with Crippen LogP contribution in [0.25, 0.3) is 0 Å². The van der Waals surface area contributed by atoms with E-state index in [9.17, 15) is 4.79 Å². The van der Waals surface area contributed by atoms with Crippen LogP contribution in [0.15, 0.2) is 36.4 Å². The fraction of sp³-hybridized carbons (Fsp3) is 0.381. The number of amides is 1. The van der Waals surface area contributed by atoms with E-state index in [0.29, 0.717) is 47.7 Å². The minimum Gasteiger partial charge on any atom is -0.494 e. The molecule has 1 spiro atoms. The van der Waals surface area contributed by atoms with Crippen LogP contribution in [0, 0.1) is 0 Å². The van der Waals surface area contributed by atoms with Crippen molar-refractivity contribution < 1.29 is 19.0 Å². The van der Waals surface area contributed by atoms with E-state index in [0.717, 1.165) is 24.2 Å². The topological polar surface area (TPSA) is 48.0 Å². The number of benzene rings is 2. The summed E-state index contributed by atoms with van der Waals surface area (Å²) in [6.07, 6.45) is 2.10. The molecule has 0 aliphatic carbocycles. The molecule has 0 aromatic heterocycles. The van der Waals surface area contributed by atoms with Crippen molar-refractivity contribution in [2.75, 3.05) is 24.7 Å². The maximum absolute atomic E-state index is 13.3. The van der Waals surface area contributed by atoms with Crippen LogP contribution in [-0.2, 0) is 26.6 Å². The van der Waals surface area contributed by atoms with E-state index < -0.39 is 5.79 Å². The lowest BCUT2D eigenvalue weighted by atomic mass is 10.1. The third-order valence-corrected chi connectivity index (χ3v) is 5.55. The van der Waals surface area contributed by atoms with Crippen LogP contribution in [0.5, 0.6) is 5.75 Å². The Morgan fingerprint density at radius 3 is 2.43 bits per heavy atom. The van der Waals surface area contributed by atoms with Gasteiger partial charge in [-0.25, -0.2) is 0 Å². The standard InChI is InChI=1S/C21H21Cl2NO4/c1-2-3-10-26-15-6-4-14(5-7-15)13-24-19-17(23)9-8-16(22)18(19)21(20(24)25)27-11-12-28-21/h4-9H,2-3,10-13H2,1H3. The maximum atomic E-state index is 13.3. The first kappa shape index (κ1) is 19.5. The van der Waals surface area contributed by atoms with Gasteiger partial charge in [-0.1, -0.05) is 48.7 Å². The summed E-state index contributed by atoms with van der Waals surface area (Å²) in [5, 5.41) is 0.833. The van der Waals surface area contributed by atoms with Gasteiger partial charge in [0, 0.05) is 0 Å². The van der Waals surface area contributed by atoms with Gasteiger partial charge in [-0.05, 0) is 36.2 Å². The Morgan fingerprint density at radius 1 is 1.07 bits per heavy atom. The Hall–Kier alpha value is -1.79. The van der Waals surface area contributed by atoms with Crippen molar-refractivity contribution in [1.82, 2.24) is 0 Å². The normalized spacial score (nSPS) is 17.4. The van der Waals surface area contributed by atoms with E-state index in [-0.39, 0.29) is 5.91 Å². The van der Waals surface area contributed by atoms with Gasteiger partial charge in [0.2, 0.25) is 0 Å². The molecule has 0 bridgehead atoms. The number of carbonyl (C=O) groups is 1. The highest BCUT2D eigenvalue weighted by Crippen LogP contribution is 2.52. The van der Waals surface area contributed by atoms with Gasteiger partial charge in [-0.2, -0.15) is 0 Å². The Bertz CT molecular complexity index is 879.